The maximum absolute atomic E-state index is 5.79. The van der Waals surface area contributed by atoms with Crippen molar-refractivity contribution in [3.05, 3.63) is 29.7 Å². The monoisotopic (exact) mass is 319 g/mol. The molecule has 1 aliphatic rings. The second kappa shape index (κ2) is 6.05. The van der Waals surface area contributed by atoms with Crippen molar-refractivity contribution < 1.29 is 9.26 Å². The highest BCUT2D eigenvalue weighted by atomic mass is 16.5. The van der Waals surface area contributed by atoms with Crippen LogP contribution in [0, 0.1) is 6.92 Å². The van der Waals surface area contributed by atoms with Crippen LogP contribution in [-0.2, 0) is 16.8 Å². The summed E-state index contributed by atoms with van der Waals surface area (Å²) in [5.41, 5.74) is 1.16. The summed E-state index contributed by atoms with van der Waals surface area (Å²) in [6.45, 7) is 12.6. The lowest BCUT2D eigenvalue weighted by Crippen LogP contribution is -2.43. The van der Waals surface area contributed by atoms with E-state index in [1.54, 1.807) is 0 Å². The molecule has 0 aliphatic carbocycles. The zero-order valence-corrected chi connectivity index (χ0v) is 14.5. The summed E-state index contributed by atoms with van der Waals surface area (Å²) in [5.74, 6) is 1.27. The van der Waals surface area contributed by atoms with Crippen LogP contribution in [0.4, 0.5) is 0 Å². The van der Waals surface area contributed by atoms with Gasteiger partial charge in [-0.25, -0.2) is 0 Å². The topological polar surface area (TPSA) is 69.2 Å². The molecule has 0 radical (unpaired) electrons. The smallest absolute Gasteiger partial charge is 0.246 e. The van der Waals surface area contributed by atoms with E-state index >= 15 is 0 Å². The Morgan fingerprint density at radius 1 is 1.35 bits per heavy atom. The molecule has 7 nitrogen and oxygen atoms in total. The maximum Gasteiger partial charge on any atom is 0.246 e. The average Bonchev–Trinajstić information content (AvgIpc) is 3.08. The number of hydrogen-bond acceptors (Lipinski definition) is 6. The van der Waals surface area contributed by atoms with Crippen molar-refractivity contribution in [2.24, 2.45) is 0 Å². The highest BCUT2D eigenvalue weighted by Gasteiger charge is 2.35. The van der Waals surface area contributed by atoms with E-state index in [0.717, 1.165) is 13.1 Å². The Bertz CT molecular complexity index is 657. The molecule has 0 aromatic carbocycles. The second-order valence-corrected chi connectivity index (χ2v) is 7.14. The molecular weight excluding hydrogens is 294 g/mol. The van der Waals surface area contributed by atoms with Gasteiger partial charge in [-0.05, 0) is 34.6 Å². The van der Waals surface area contributed by atoms with E-state index in [2.05, 4.69) is 54.0 Å². The van der Waals surface area contributed by atoms with Gasteiger partial charge in [0.1, 0.15) is 6.04 Å². The molecule has 126 valence electrons. The number of ether oxygens (including phenoxy) is 1. The molecule has 0 bridgehead atoms. The number of nitrogens with zero attached hydrogens (tertiary/aromatic N) is 5. The van der Waals surface area contributed by atoms with Gasteiger partial charge in [-0.2, -0.15) is 10.1 Å². The number of hydrogen-bond donors (Lipinski definition) is 0. The van der Waals surface area contributed by atoms with Crippen LogP contribution in [0.5, 0.6) is 0 Å². The summed E-state index contributed by atoms with van der Waals surface area (Å²) in [6, 6.07) is -0.0251. The SMILES string of the molecule is Cc1noc([C@@H]2[C@@H](C)OCCN2Cc2cnn(C(C)(C)C)c2)n1. The first-order chi connectivity index (χ1) is 10.8. The first kappa shape index (κ1) is 16.1. The zero-order valence-electron chi connectivity index (χ0n) is 14.5. The number of morpholine rings is 1. The lowest BCUT2D eigenvalue weighted by molar-refractivity contribution is -0.0763. The second-order valence-electron chi connectivity index (χ2n) is 7.14. The molecule has 0 saturated carbocycles. The summed E-state index contributed by atoms with van der Waals surface area (Å²) in [6.07, 6.45) is 4.05. The Hall–Kier alpha value is -1.73. The van der Waals surface area contributed by atoms with Crippen LogP contribution < -0.4 is 0 Å². The summed E-state index contributed by atoms with van der Waals surface area (Å²) in [7, 11) is 0. The van der Waals surface area contributed by atoms with E-state index in [0.29, 0.717) is 18.3 Å². The van der Waals surface area contributed by atoms with Gasteiger partial charge < -0.3 is 9.26 Å². The Morgan fingerprint density at radius 3 is 2.74 bits per heavy atom. The molecule has 1 saturated heterocycles. The quantitative estimate of drug-likeness (QED) is 0.864. The Morgan fingerprint density at radius 2 is 2.13 bits per heavy atom. The first-order valence-corrected chi connectivity index (χ1v) is 8.04. The first-order valence-electron chi connectivity index (χ1n) is 8.04. The molecule has 0 amide bonds. The van der Waals surface area contributed by atoms with Crippen molar-refractivity contribution in [1.82, 2.24) is 24.8 Å². The number of aromatic nitrogens is 4. The fraction of sp³-hybridized carbons (Fsp3) is 0.688. The van der Waals surface area contributed by atoms with Gasteiger partial charge >= 0.3 is 0 Å². The molecule has 2 atom stereocenters. The molecule has 2 aromatic rings. The minimum atomic E-state index is -0.0251. The predicted octanol–water partition coefficient (Wildman–Crippen LogP) is 2.29. The lowest BCUT2D eigenvalue weighted by atomic mass is 10.1. The van der Waals surface area contributed by atoms with Crippen molar-refractivity contribution in [3.8, 4) is 0 Å². The lowest BCUT2D eigenvalue weighted by Gasteiger charge is -2.37. The highest BCUT2D eigenvalue weighted by Crippen LogP contribution is 2.30. The van der Waals surface area contributed by atoms with E-state index in [4.69, 9.17) is 9.26 Å². The van der Waals surface area contributed by atoms with Crippen LogP contribution in [0.3, 0.4) is 0 Å². The number of aryl methyl sites for hydroxylation is 1. The van der Waals surface area contributed by atoms with Crippen LogP contribution >= 0.6 is 0 Å². The van der Waals surface area contributed by atoms with Gasteiger partial charge in [0.05, 0.1) is 24.4 Å². The fourth-order valence-electron chi connectivity index (χ4n) is 2.89. The minimum Gasteiger partial charge on any atom is -0.375 e. The molecule has 2 aromatic heterocycles. The molecule has 0 N–H and O–H groups in total. The molecular formula is C16H25N5O2. The summed E-state index contributed by atoms with van der Waals surface area (Å²) in [5, 5.41) is 8.40. The largest absolute Gasteiger partial charge is 0.375 e. The van der Waals surface area contributed by atoms with Gasteiger partial charge in [0, 0.05) is 24.8 Å². The van der Waals surface area contributed by atoms with Crippen molar-refractivity contribution in [2.75, 3.05) is 13.2 Å². The van der Waals surface area contributed by atoms with Gasteiger partial charge in [-0.3, -0.25) is 9.58 Å². The number of rotatable bonds is 3. The van der Waals surface area contributed by atoms with Gasteiger partial charge in [0.2, 0.25) is 5.89 Å². The van der Waals surface area contributed by atoms with E-state index in [9.17, 15) is 0 Å². The van der Waals surface area contributed by atoms with Gasteiger partial charge in [-0.15, -0.1) is 0 Å². The normalized spacial score (nSPS) is 23.3. The highest BCUT2D eigenvalue weighted by molar-refractivity contribution is 5.07. The predicted molar refractivity (Wildman–Crippen MR) is 84.8 cm³/mol. The van der Waals surface area contributed by atoms with Crippen molar-refractivity contribution in [3.63, 3.8) is 0 Å². The Balaban J connectivity index is 1.80. The van der Waals surface area contributed by atoms with E-state index in [1.165, 1.54) is 5.56 Å². The maximum atomic E-state index is 5.79. The minimum absolute atomic E-state index is 0.0143. The molecule has 23 heavy (non-hydrogen) atoms. The summed E-state index contributed by atoms with van der Waals surface area (Å²) in [4.78, 5) is 6.73. The molecule has 1 aliphatic heterocycles. The Kier molecular flexibility index (Phi) is 4.25. The molecule has 3 rings (SSSR count). The van der Waals surface area contributed by atoms with Gasteiger partial charge in [0.25, 0.3) is 0 Å². The molecule has 0 unspecified atom stereocenters. The van der Waals surface area contributed by atoms with Crippen molar-refractivity contribution in [1.29, 1.82) is 0 Å². The third-order valence-electron chi connectivity index (χ3n) is 4.10. The van der Waals surface area contributed by atoms with E-state index < -0.39 is 0 Å². The van der Waals surface area contributed by atoms with Crippen LogP contribution in [0.15, 0.2) is 16.9 Å². The average molecular weight is 319 g/mol. The van der Waals surface area contributed by atoms with E-state index in [-0.39, 0.29) is 17.7 Å². The van der Waals surface area contributed by atoms with Gasteiger partial charge in [-0.1, -0.05) is 5.16 Å². The van der Waals surface area contributed by atoms with E-state index in [1.807, 2.05) is 17.8 Å². The van der Waals surface area contributed by atoms with Crippen LogP contribution in [0.25, 0.3) is 0 Å². The molecule has 1 fully saturated rings. The summed E-state index contributed by atoms with van der Waals surface area (Å²) >= 11 is 0. The van der Waals surface area contributed by atoms with Gasteiger partial charge in [0.15, 0.2) is 5.82 Å². The van der Waals surface area contributed by atoms with Crippen LogP contribution in [0.1, 0.15) is 51.0 Å². The fourth-order valence-corrected chi connectivity index (χ4v) is 2.89. The standard InChI is InChI=1S/C16H25N5O2/c1-11-14(15-18-12(2)19-23-15)20(6-7-22-11)9-13-8-17-21(10-13)16(3,4)5/h8,10-11,14H,6-7,9H2,1-5H3/t11-,14+/m1/s1. The molecule has 0 spiro atoms. The van der Waals surface area contributed by atoms with Crippen LogP contribution in [0.2, 0.25) is 0 Å². The van der Waals surface area contributed by atoms with Crippen LogP contribution in [-0.4, -0.2) is 44.1 Å². The van der Waals surface area contributed by atoms with Crippen molar-refractivity contribution in [2.45, 2.75) is 58.8 Å². The van der Waals surface area contributed by atoms with Crippen molar-refractivity contribution >= 4 is 0 Å². The summed E-state index contributed by atoms with van der Waals surface area (Å²) < 4.78 is 13.2. The molecule has 7 heteroatoms. The Labute approximate surface area is 136 Å². The zero-order chi connectivity index (χ0) is 16.6. The third kappa shape index (κ3) is 3.45. The third-order valence-corrected chi connectivity index (χ3v) is 4.10. The molecule has 3 heterocycles.